The molecule has 100 valence electrons. The molecule has 1 aliphatic rings. The van der Waals surface area contributed by atoms with Gasteiger partial charge in [-0.3, -0.25) is 0 Å². The minimum absolute atomic E-state index is 0.0434. The first-order chi connectivity index (χ1) is 8.64. The molecule has 0 radical (unpaired) electrons. The Balaban J connectivity index is 2.39. The number of anilines is 2. The predicted molar refractivity (Wildman–Crippen MR) is 77.3 cm³/mol. The Morgan fingerprint density at radius 1 is 1.28 bits per heavy atom. The highest BCUT2D eigenvalue weighted by atomic mass is 16.5. The van der Waals surface area contributed by atoms with Crippen molar-refractivity contribution >= 4 is 11.4 Å². The molecule has 2 rings (SSSR count). The van der Waals surface area contributed by atoms with Gasteiger partial charge in [-0.25, -0.2) is 0 Å². The number of hydrogen-bond acceptors (Lipinski definition) is 3. The molecular formula is C15H24N2O. The fourth-order valence-electron chi connectivity index (χ4n) is 2.65. The van der Waals surface area contributed by atoms with Gasteiger partial charge in [0, 0.05) is 12.2 Å². The molecule has 18 heavy (non-hydrogen) atoms. The van der Waals surface area contributed by atoms with Crippen molar-refractivity contribution in [1.82, 2.24) is 0 Å². The minimum Gasteiger partial charge on any atom is -0.483 e. The van der Waals surface area contributed by atoms with Crippen molar-refractivity contribution in [2.75, 3.05) is 23.7 Å². The highest BCUT2D eigenvalue weighted by Gasteiger charge is 2.36. The number of rotatable bonds is 4. The normalized spacial score (nSPS) is 17.2. The first-order valence-corrected chi connectivity index (χ1v) is 6.97. The largest absolute Gasteiger partial charge is 0.483 e. The van der Waals surface area contributed by atoms with E-state index >= 15 is 0 Å². The summed E-state index contributed by atoms with van der Waals surface area (Å²) in [5.41, 5.74) is 7.80. The van der Waals surface area contributed by atoms with Gasteiger partial charge in [0.25, 0.3) is 0 Å². The molecule has 3 nitrogen and oxygen atoms in total. The molecule has 0 saturated carbocycles. The van der Waals surface area contributed by atoms with Crippen LogP contribution in [0.15, 0.2) is 18.2 Å². The Morgan fingerprint density at radius 3 is 2.61 bits per heavy atom. The van der Waals surface area contributed by atoms with Crippen LogP contribution in [0.3, 0.4) is 0 Å². The van der Waals surface area contributed by atoms with Gasteiger partial charge >= 0.3 is 0 Å². The minimum atomic E-state index is -0.0434. The molecule has 0 spiro atoms. The second-order valence-corrected chi connectivity index (χ2v) is 5.14. The van der Waals surface area contributed by atoms with Crippen LogP contribution >= 0.6 is 0 Å². The van der Waals surface area contributed by atoms with Crippen LogP contribution in [-0.2, 0) is 0 Å². The van der Waals surface area contributed by atoms with E-state index in [1.165, 1.54) is 0 Å². The molecule has 0 amide bonds. The summed E-state index contributed by atoms with van der Waals surface area (Å²) in [5.74, 6) is 0.979. The highest BCUT2D eigenvalue weighted by Crippen LogP contribution is 2.40. The number of nitrogen functional groups attached to an aromatic ring is 1. The van der Waals surface area contributed by atoms with E-state index < -0.39 is 0 Å². The standard InChI is InChI=1S/C15H24N2O/c1-4-9-17-11-15(5-2,6-3)18-14-8-7-12(16)10-13(14)17/h7-8,10H,4-6,9,11,16H2,1-3H3. The molecule has 1 aromatic rings. The zero-order valence-corrected chi connectivity index (χ0v) is 11.7. The molecule has 1 aliphatic heterocycles. The molecule has 0 atom stereocenters. The average molecular weight is 248 g/mol. The fourth-order valence-corrected chi connectivity index (χ4v) is 2.65. The molecule has 2 N–H and O–H groups in total. The molecule has 1 aromatic carbocycles. The van der Waals surface area contributed by atoms with E-state index in [2.05, 4.69) is 25.7 Å². The smallest absolute Gasteiger partial charge is 0.143 e. The summed E-state index contributed by atoms with van der Waals surface area (Å²) in [4.78, 5) is 2.42. The van der Waals surface area contributed by atoms with Gasteiger partial charge in [0.15, 0.2) is 0 Å². The van der Waals surface area contributed by atoms with Crippen molar-refractivity contribution in [1.29, 1.82) is 0 Å². The Bertz CT molecular complexity index is 413. The van der Waals surface area contributed by atoms with Crippen molar-refractivity contribution in [2.45, 2.75) is 45.6 Å². The maximum absolute atomic E-state index is 6.25. The molecule has 0 fully saturated rings. The molecule has 0 bridgehead atoms. The van der Waals surface area contributed by atoms with E-state index in [0.717, 1.165) is 49.5 Å². The Kier molecular flexibility index (Phi) is 3.69. The zero-order valence-electron chi connectivity index (χ0n) is 11.7. The summed E-state index contributed by atoms with van der Waals surface area (Å²) >= 11 is 0. The average Bonchev–Trinajstić information content (AvgIpc) is 2.39. The van der Waals surface area contributed by atoms with Crippen LogP contribution in [0.5, 0.6) is 5.75 Å². The van der Waals surface area contributed by atoms with Gasteiger partial charge in [0.05, 0.1) is 12.2 Å². The van der Waals surface area contributed by atoms with Gasteiger partial charge in [-0.1, -0.05) is 20.8 Å². The summed E-state index contributed by atoms with van der Waals surface area (Å²) in [6.07, 6.45) is 3.21. The van der Waals surface area contributed by atoms with E-state index in [4.69, 9.17) is 10.5 Å². The third-order valence-electron chi connectivity index (χ3n) is 3.91. The van der Waals surface area contributed by atoms with Crippen LogP contribution in [0.4, 0.5) is 11.4 Å². The summed E-state index contributed by atoms with van der Waals surface area (Å²) in [5, 5.41) is 0. The van der Waals surface area contributed by atoms with Crippen LogP contribution in [0.2, 0.25) is 0 Å². The van der Waals surface area contributed by atoms with Crippen LogP contribution in [0.1, 0.15) is 40.0 Å². The van der Waals surface area contributed by atoms with Crippen LogP contribution < -0.4 is 15.4 Å². The number of hydrogen-bond donors (Lipinski definition) is 1. The third-order valence-corrected chi connectivity index (χ3v) is 3.91. The van der Waals surface area contributed by atoms with Crippen molar-refractivity contribution in [3.8, 4) is 5.75 Å². The summed E-state index contributed by atoms with van der Waals surface area (Å²) < 4.78 is 6.25. The Morgan fingerprint density at radius 2 is 2.00 bits per heavy atom. The molecule has 0 saturated heterocycles. The first kappa shape index (κ1) is 13.1. The Labute approximate surface area is 110 Å². The van der Waals surface area contributed by atoms with Crippen molar-refractivity contribution in [3.05, 3.63) is 18.2 Å². The van der Waals surface area contributed by atoms with Crippen LogP contribution in [-0.4, -0.2) is 18.7 Å². The lowest BCUT2D eigenvalue weighted by atomic mass is 9.93. The molecule has 0 unspecified atom stereocenters. The molecular weight excluding hydrogens is 224 g/mol. The van der Waals surface area contributed by atoms with Gasteiger partial charge in [0.2, 0.25) is 0 Å². The summed E-state index contributed by atoms with van der Waals surface area (Å²) in [7, 11) is 0. The fraction of sp³-hybridized carbons (Fsp3) is 0.600. The quantitative estimate of drug-likeness (QED) is 0.830. The monoisotopic (exact) mass is 248 g/mol. The van der Waals surface area contributed by atoms with Crippen molar-refractivity contribution < 1.29 is 4.74 Å². The zero-order chi connectivity index (χ0) is 13.2. The molecule has 1 heterocycles. The van der Waals surface area contributed by atoms with Gasteiger partial charge in [-0.15, -0.1) is 0 Å². The van der Waals surface area contributed by atoms with E-state index in [1.54, 1.807) is 0 Å². The van der Waals surface area contributed by atoms with E-state index in [-0.39, 0.29) is 5.60 Å². The summed E-state index contributed by atoms with van der Waals surface area (Å²) in [6.45, 7) is 8.64. The lowest BCUT2D eigenvalue weighted by Crippen LogP contribution is -2.50. The number of nitrogens with two attached hydrogens (primary N) is 1. The van der Waals surface area contributed by atoms with Gasteiger partial charge < -0.3 is 15.4 Å². The van der Waals surface area contributed by atoms with E-state index in [1.807, 2.05) is 18.2 Å². The van der Waals surface area contributed by atoms with Crippen LogP contribution in [0, 0.1) is 0 Å². The maximum Gasteiger partial charge on any atom is 0.143 e. The number of ether oxygens (including phenoxy) is 1. The van der Waals surface area contributed by atoms with E-state index in [9.17, 15) is 0 Å². The second kappa shape index (κ2) is 5.09. The Hall–Kier alpha value is -1.38. The van der Waals surface area contributed by atoms with Crippen LogP contribution in [0.25, 0.3) is 0 Å². The maximum atomic E-state index is 6.25. The molecule has 0 aromatic heterocycles. The molecule has 0 aliphatic carbocycles. The number of nitrogens with zero attached hydrogens (tertiary/aromatic N) is 1. The summed E-state index contributed by atoms with van der Waals surface area (Å²) in [6, 6.07) is 5.96. The predicted octanol–water partition coefficient (Wildman–Crippen LogP) is 3.44. The third kappa shape index (κ3) is 2.26. The van der Waals surface area contributed by atoms with Crippen molar-refractivity contribution in [3.63, 3.8) is 0 Å². The lowest BCUT2D eigenvalue weighted by Gasteiger charge is -2.44. The lowest BCUT2D eigenvalue weighted by molar-refractivity contribution is 0.0575. The highest BCUT2D eigenvalue weighted by molar-refractivity contribution is 5.66. The van der Waals surface area contributed by atoms with Gasteiger partial charge in [0.1, 0.15) is 11.4 Å². The SMILES string of the molecule is CCCN1CC(CC)(CC)Oc2ccc(N)cc21. The number of fused-ring (bicyclic) bond motifs is 1. The van der Waals surface area contributed by atoms with Gasteiger partial charge in [-0.05, 0) is 37.5 Å². The first-order valence-electron chi connectivity index (χ1n) is 6.97. The second-order valence-electron chi connectivity index (χ2n) is 5.14. The van der Waals surface area contributed by atoms with Crippen molar-refractivity contribution in [2.24, 2.45) is 0 Å². The van der Waals surface area contributed by atoms with Gasteiger partial charge in [-0.2, -0.15) is 0 Å². The molecule has 3 heteroatoms. The number of benzene rings is 1. The van der Waals surface area contributed by atoms with E-state index in [0.29, 0.717) is 0 Å². The topological polar surface area (TPSA) is 38.5 Å².